The van der Waals surface area contributed by atoms with Gasteiger partial charge in [-0.2, -0.15) is 0 Å². The number of nitrogens with one attached hydrogen (secondary N) is 2. The first kappa shape index (κ1) is 15.0. The van der Waals surface area contributed by atoms with Gasteiger partial charge in [-0.1, -0.05) is 43.7 Å². The Bertz CT molecular complexity index is 421. The van der Waals surface area contributed by atoms with E-state index >= 15 is 0 Å². The molecule has 1 aliphatic rings. The van der Waals surface area contributed by atoms with E-state index in [1.165, 1.54) is 5.56 Å². The second-order valence-corrected chi connectivity index (χ2v) is 5.29. The Balaban J connectivity index is 2.24. The lowest BCUT2D eigenvalue weighted by Gasteiger charge is -2.40. The first-order valence-electron chi connectivity index (χ1n) is 7.51. The van der Waals surface area contributed by atoms with Crippen molar-refractivity contribution < 1.29 is 4.79 Å². The molecule has 0 bridgehead atoms. The normalized spacial score (nSPS) is 21.4. The van der Waals surface area contributed by atoms with Gasteiger partial charge in [-0.3, -0.25) is 9.69 Å². The minimum atomic E-state index is -0.0782. The molecule has 0 saturated carbocycles. The molecule has 4 nitrogen and oxygen atoms in total. The number of carbonyl (C=O) groups is 1. The summed E-state index contributed by atoms with van der Waals surface area (Å²) in [5.74, 6) is 0.106. The Morgan fingerprint density at radius 1 is 1.45 bits per heavy atom. The van der Waals surface area contributed by atoms with Crippen molar-refractivity contribution in [1.29, 1.82) is 0 Å². The largest absolute Gasteiger partial charge is 0.358 e. The molecule has 2 unspecified atom stereocenters. The average Bonchev–Trinajstić information content (AvgIpc) is 2.53. The number of likely N-dealkylation sites (N-methyl/N-ethyl adjacent to an activating group) is 1. The first-order chi connectivity index (χ1) is 9.77. The molecule has 0 aromatic heterocycles. The van der Waals surface area contributed by atoms with Crippen LogP contribution in [0, 0.1) is 0 Å². The van der Waals surface area contributed by atoms with Gasteiger partial charge in [-0.15, -0.1) is 0 Å². The molecule has 0 spiro atoms. The number of benzene rings is 1. The summed E-state index contributed by atoms with van der Waals surface area (Å²) in [6.07, 6.45) is 2.20. The average molecular weight is 275 g/mol. The zero-order chi connectivity index (χ0) is 14.4. The van der Waals surface area contributed by atoms with E-state index in [1.807, 2.05) is 6.07 Å². The van der Waals surface area contributed by atoms with Crippen LogP contribution in [0.1, 0.15) is 31.4 Å². The predicted octanol–water partition coefficient (Wildman–Crippen LogP) is 1.55. The molecule has 1 aromatic carbocycles. The van der Waals surface area contributed by atoms with Crippen molar-refractivity contribution in [2.24, 2.45) is 0 Å². The summed E-state index contributed by atoms with van der Waals surface area (Å²) in [4.78, 5) is 14.5. The molecular formula is C16H25N3O. The molecule has 1 aliphatic heterocycles. The Hall–Kier alpha value is -1.39. The van der Waals surface area contributed by atoms with Crippen LogP contribution in [0.3, 0.4) is 0 Å². The van der Waals surface area contributed by atoms with Crippen LogP contribution in [0.5, 0.6) is 0 Å². The maximum Gasteiger partial charge on any atom is 0.238 e. The highest BCUT2D eigenvalue weighted by Gasteiger charge is 2.33. The maximum atomic E-state index is 12.1. The summed E-state index contributed by atoms with van der Waals surface area (Å²) in [5.41, 5.74) is 1.31. The Kier molecular flexibility index (Phi) is 5.56. The topological polar surface area (TPSA) is 44.4 Å². The van der Waals surface area contributed by atoms with Gasteiger partial charge in [0.05, 0.1) is 0 Å². The zero-order valence-corrected chi connectivity index (χ0v) is 12.4. The lowest BCUT2D eigenvalue weighted by molar-refractivity contribution is -0.127. The third-order valence-corrected chi connectivity index (χ3v) is 3.98. The second-order valence-electron chi connectivity index (χ2n) is 5.29. The number of piperazine rings is 1. The molecule has 1 fully saturated rings. The molecule has 0 radical (unpaired) electrons. The van der Waals surface area contributed by atoms with Crippen molar-refractivity contribution in [1.82, 2.24) is 15.5 Å². The molecule has 2 rings (SSSR count). The van der Waals surface area contributed by atoms with Crippen molar-refractivity contribution in [2.75, 3.05) is 26.7 Å². The number of hydrogen-bond acceptors (Lipinski definition) is 3. The van der Waals surface area contributed by atoms with Gasteiger partial charge in [0.25, 0.3) is 0 Å². The molecule has 1 aromatic rings. The summed E-state index contributed by atoms with van der Waals surface area (Å²) in [6, 6.07) is 10.8. The minimum absolute atomic E-state index is 0.0782. The van der Waals surface area contributed by atoms with Gasteiger partial charge in [0, 0.05) is 32.7 Å². The highest BCUT2D eigenvalue weighted by Crippen LogP contribution is 2.28. The molecule has 20 heavy (non-hydrogen) atoms. The fourth-order valence-corrected chi connectivity index (χ4v) is 2.98. The van der Waals surface area contributed by atoms with E-state index in [4.69, 9.17) is 0 Å². The van der Waals surface area contributed by atoms with E-state index in [1.54, 1.807) is 7.05 Å². The van der Waals surface area contributed by atoms with Gasteiger partial charge in [-0.25, -0.2) is 0 Å². The summed E-state index contributed by atoms with van der Waals surface area (Å²) in [5, 5.41) is 6.12. The second kappa shape index (κ2) is 7.41. The summed E-state index contributed by atoms with van der Waals surface area (Å²) in [7, 11) is 1.71. The third-order valence-electron chi connectivity index (χ3n) is 3.98. The van der Waals surface area contributed by atoms with Crippen molar-refractivity contribution in [3.8, 4) is 0 Å². The fourth-order valence-electron chi connectivity index (χ4n) is 2.98. The standard InChI is InChI=1S/C16H25N3O/c1-3-7-14(13-8-5-4-6-9-13)19-11-10-18-12-15(19)16(20)17-2/h4-6,8-9,14-15,18H,3,7,10-12H2,1-2H3,(H,17,20). The van der Waals surface area contributed by atoms with Crippen LogP contribution in [-0.4, -0.2) is 43.5 Å². The molecule has 0 aliphatic carbocycles. The van der Waals surface area contributed by atoms with E-state index in [0.29, 0.717) is 6.04 Å². The number of amides is 1. The minimum Gasteiger partial charge on any atom is -0.358 e. The van der Waals surface area contributed by atoms with E-state index in [0.717, 1.165) is 32.5 Å². The fraction of sp³-hybridized carbons (Fsp3) is 0.562. The van der Waals surface area contributed by atoms with Crippen LogP contribution in [0.2, 0.25) is 0 Å². The van der Waals surface area contributed by atoms with Gasteiger partial charge in [0.2, 0.25) is 5.91 Å². The van der Waals surface area contributed by atoms with Crippen LogP contribution in [-0.2, 0) is 4.79 Å². The summed E-state index contributed by atoms with van der Waals surface area (Å²) >= 11 is 0. The van der Waals surface area contributed by atoms with Crippen molar-refractivity contribution in [3.05, 3.63) is 35.9 Å². The van der Waals surface area contributed by atoms with Gasteiger partial charge in [0.1, 0.15) is 6.04 Å². The van der Waals surface area contributed by atoms with Crippen LogP contribution in [0.4, 0.5) is 0 Å². The highest BCUT2D eigenvalue weighted by atomic mass is 16.2. The number of nitrogens with zero attached hydrogens (tertiary/aromatic N) is 1. The third kappa shape index (κ3) is 3.38. The molecule has 1 amide bonds. The molecule has 1 saturated heterocycles. The van der Waals surface area contributed by atoms with Crippen LogP contribution < -0.4 is 10.6 Å². The molecular weight excluding hydrogens is 250 g/mol. The monoisotopic (exact) mass is 275 g/mol. The SMILES string of the molecule is CCCC(c1ccccc1)N1CCNCC1C(=O)NC. The highest BCUT2D eigenvalue weighted by molar-refractivity contribution is 5.81. The van der Waals surface area contributed by atoms with Gasteiger partial charge < -0.3 is 10.6 Å². The molecule has 110 valence electrons. The summed E-state index contributed by atoms with van der Waals surface area (Å²) in [6.45, 7) is 4.79. The molecule has 1 heterocycles. The van der Waals surface area contributed by atoms with E-state index < -0.39 is 0 Å². The Labute approximate surface area is 121 Å². The smallest absolute Gasteiger partial charge is 0.238 e. The van der Waals surface area contributed by atoms with Gasteiger partial charge in [0.15, 0.2) is 0 Å². The lowest BCUT2D eigenvalue weighted by Crippen LogP contribution is -2.58. The van der Waals surface area contributed by atoms with Crippen molar-refractivity contribution in [2.45, 2.75) is 31.8 Å². The van der Waals surface area contributed by atoms with E-state index in [2.05, 4.69) is 46.7 Å². The number of hydrogen-bond donors (Lipinski definition) is 2. The molecule has 4 heteroatoms. The van der Waals surface area contributed by atoms with E-state index in [9.17, 15) is 4.79 Å². The first-order valence-corrected chi connectivity index (χ1v) is 7.51. The predicted molar refractivity (Wildman–Crippen MR) is 81.5 cm³/mol. The van der Waals surface area contributed by atoms with Crippen LogP contribution in [0.25, 0.3) is 0 Å². The van der Waals surface area contributed by atoms with Crippen LogP contribution >= 0.6 is 0 Å². The number of carbonyl (C=O) groups excluding carboxylic acids is 1. The zero-order valence-electron chi connectivity index (χ0n) is 12.4. The number of rotatable bonds is 5. The van der Waals surface area contributed by atoms with E-state index in [-0.39, 0.29) is 11.9 Å². The lowest BCUT2D eigenvalue weighted by atomic mass is 9.97. The molecule has 2 N–H and O–H groups in total. The summed E-state index contributed by atoms with van der Waals surface area (Å²) < 4.78 is 0. The van der Waals surface area contributed by atoms with Crippen molar-refractivity contribution in [3.63, 3.8) is 0 Å². The molecule has 2 atom stereocenters. The van der Waals surface area contributed by atoms with Gasteiger partial charge in [-0.05, 0) is 12.0 Å². The quantitative estimate of drug-likeness (QED) is 0.857. The Morgan fingerprint density at radius 3 is 2.85 bits per heavy atom. The Morgan fingerprint density at radius 2 is 2.20 bits per heavy atom. The van der Waals surface area contributed by atoms with Crippen LogP contribution in [0.15, 0.2) is 30.3 Å². The van der Waals surface area contributed by atoms with Crippen molar-refractivity contribution >= 4 is 5.91 Å². The van der Waals surface area contributed by atoms with Gasteiger partial charge >= 0.3 is 0 Å². The maximum absolute atomic E-state index is 12.1.